The van der Waals surface area contributed by atoms with Crippen LogP contribution in [0.4, 0.5) is 0 Å². The van der Waals surface area contributed by atoms with Crippen LogP contribution in [0.25, 0.3) is 0 Å². The Labute approximate surface area is 126 Å². The molecule has 4 nitrogen and oxygen atoms in total. The van der Waals surface area contributed by atoms with Gasteiger partial charge in [-0.05, 0) is 27.2 Å². The lowest BCUT2D eigenvalue weighted by Crippen LogP contribution is -2.73. The molecule has 2 rings (SSSR count). The third kappa shape index (κ3) is 2.77. The Hall–Kier alpha value is -0.490. The van der Waals surface area contributed by atoms with E-state index in [-0.39, 0.29) is 23.1 Å². The first-order valence-corrected chi connectivity index (χ1v) is 8.18. The second kappa shape index (κ2) is 5.72. The number of nitrogens with zero attached hydrogens (tertiary/aromatic N) is 1. The molecule has 20 heavy (non-hydrogen) atoms. The fraction of sp³-hybridized carbons (Fsp3) is 0.800. The van der Waals surface area contributed by atoms with Crippen molar-refractivity contribution in [2.24, 2.45) is 11.1 Å². The van der Waals surface area contributed by atoms with Crippen LogP contribution >= 0.6 is 11.3 Å². The van der Waals surface area contributed by atoms with Crippen molar-refractivity contribution in [1.82, 2.24) is 10.3 Å². The molecule has 0 aromatic carbocycles. The van der Waals surface area contributed by atoms with Crippen molar-refractivity contribution < 1.29 is 4.74 Å². The number of hydrogen-bond acceptors (Lipinski definition) is 5. The van der Waals surface area contributed by atoms with Gasteiger partial charge in [-0.15, -0.1) is 11.3 Å². The Morgan fingerprint density at radius 3 is 2.80 bits per heavy atom. The lowest BCUT2D eigenvalue weighted by atomic mass is 9.54. The van der Waals surface area contributed by atoms with Crippen molar-refractivity contribution in [1.29, 1.82) is 0 Å². The van der Waals surface area contributed by atoms with E-state index in [0.717, 1.165) is 24.6 Å². The van der Waals surface area contributed by atoms with Gasteiger partial charge in [0.05, 0.1) is 12.1 Å². The smallest absolute Gasteiger partial charge is 0.109 e. The zero-order chi connectivity index (χ0) is 15.0. The number of aromatic nitrogens is 1. The van der Waals surface area contributed by atoms with Crippen LogP contribution in [0.15, 0.2) is 6.20 Å². The molecule has 0 spiro atoms. The molecule has 1 aliphatic carbocycles. The highest BCUT2D eigenvalue weighted by Crippen LogP contribution is 2.49. The number of nitrogens with two attached hydrogens (primary N) is 1. The molecule has 0 saturated heterocycles. The predicted octanol–water partition coefficient (Wildman–Crippen LogP) is 2.63. The van der Waals surface area contributed by atoms with Crippen LogP contribution in [0, 0.1) is 12.3 Å². The minimum Gasteiger partial charge on any atom is -0.378 e. The quantitative estimate of drug-likeness (QED) is 0.847. The van der Waals surface area contributed by atoms with Crippen molar-refractivity contribution in [2.75, 3.05) is 13.2 Å². The van der Waals surface area contributed by atoms with Gasteiger partial charge in [0.25, 0.3) is 0 Å². The van der Waals surface area contributed by atoms with Crippen LogP contribution in [-0.4, -0.2) is 29.8 Å². The summed E-state index contributed by atoms with van der Waals surface area (Å²) in [7, 11) is 0. The first kappa shape index (κ1) is 15.9. The summed E-state index contributed by atoms with van der Waals surface area (Å²) in [6, 6.07) is 0.246. The second-order valence-corrected chi connectivity index (χ2v) is 7.70. The third-order valence-corrected chi connectivity index (χ3v) is 5.83. The largest absolute Gasteiger partial charge is 0.378 e. The lowest BCUT2D eigenvalue weighted by Gasteiger charge is -2.59. The maximum atomic E-state index is 6.57. The van der Waals surface area contributed by atoms with Gasteiger partial charge < -0.3 is 15.8 Å². The summed E-state index contributed by atoms with van der Waals surface area (Å²) in [5.41, 5.74) is 6.38. The monoisotopic (exact) mass is 297 g/mol. The molecule has 1 aromatic rings. The number of nitrogens with one attached hydrogen (secondary N) is 1. The standard InChI is InChI=1S/C15H27N3OS/c1-6-19-12-7-15(16,14(12,4)5)9-18-11(3)13-17-8-10(2)20-13/h8,11-12,18H,6-7,9,16H2,1-5H3. The molecule has 1 fully saturated rings. The molecule has 0 aliphatic heterocycles. The molecule has 1 saturated carbocycles. The Kier molecular flexibility index (Phi) is 4.54. The Morgan fingerprint density at radius 2 is 2.30 bits per heavy atom. The third-order valence-electron chi connectivity index (χ3n) is 4.74. The van der Waals surface area contributed by atoms with Crippen molar-refractivity contribution >= 4 is 11.3 Å². The van der Waals surface area contributed by atoms with Gasteiger partial charge in [-0.3, -0.25) is 0 Å². The molecule has 1 aromatic heterocycles. The van der Waals surface area contributed by atoms with Crippen molar-refractivity contribution in [3.63, 3.8) is 0 Å². The highest BCUT2D eigenvalue weighted by atomic mass is 32.1. The molecule has 1 aliphatic rings. The number of ether oxygens (including phenoxy) is 1. The molecule has 5 heteroatoms. The minimum absolute atomic E-state index is 0.00846. The Morgan fingerprint density at radius 1 is 1.60 bits per heavy atom. The highest BCUT2D eigenvalue weighted by Gasteiger charge is 2.58. The maximum Gasteiger partial charge on any atom is 0.109 e. The molecular weight excluding hydrogens is 270 g/mol. The summed E-state index contributed by atoms with van der Waals surface area (Å²) in [5.74, 6) is 0. The van der Waals surface area contributed by atoms with Gasteiger partial charge in [0.2, 0.25) is 0 Å². The highest BCUT2D eigenvalue weighted by molar-refractivity contribution is 7.11. The summed E-state index contributed by atoms with van der Waals surface area (Å²) >= 11 is 1.74. The zero-order valence-electron chi connectivity index (χ0n) is 13.2. The summed E-state index contributed by atoms with van der Waals surface area (Å²) in [5, 5.41) is 4.67. The molecule has 114 valence electrons. The van der Waals surface area contributed by atoms with Gasteiger partial charge in [0.15, 0.2) is 0 Å². The number of aryl methyl sites for hydroxylation is 1. The van der Waals surface area contributed by atoms with E-state index in [1.54, 1.807) is 11.3 Å². The van der Waals surface area contributed by atoms with Gasteiger partial charge in [0.1, 0.15) is 5.01 Å². The summed E-state index contributed by atoms with van der Waals surface area (Å²) < 4.78 is 5.77. The van der Waals surface area contributed by atoms with Crippen molar-refractivity contribution in [2.45, 2.75) is 58.7 Å². The molecular formula is C15H27N3OS. The molecule has 1 heterocycles. The van der Waals surface area contributed by atoms with E-state index in [2.05, 4.69) is 38.0 Å². The fourth-order valence-corrected chi connectivity index (χ4v) is 3.60. The molecule has 0 amide bonds. The molecule has 3 unspecified atom stereocenters. The molecule has 3 atom stereocenters. The lowest BCUT2D eigenvalue weighted by molar-refractivity contribution is -0.148. The van der Waals surface area contributed by atoms with E-state index in [0.29, 0.717) is 0 Å². The van der Waals surface area contributed by atoms with Gasteiger partial charge in [-0.25, -0.2) is 4.98 Å². The van der Waals surface area contributed by atoms with Crippen LogP contribution in [0.2, 0.25) is 0 Å². The predicted molar refractivity (Wildman–Crippen MR) is 84.0 cm³/mol. The molecule has 0 bridgehead atoms. The summed E-state index contributed by atoms with van der Waals surface area (Å²) in [6.45, 7) is 12.2. The normalized spacial score (nSPS) is 30.0. The summed E-state index contributed by atoms with van der Waals surface area (Å²) in [6.07, 6.45) is 3.12. The van der Waals surface area contributed by atoms with Crippen LogP contribution in [0.3, 0.4) is 0 Å². The number of hydrogen-bond donors (Lipinski definition) is 2. The Bertz CT molecular complexity index is 460. The van der Waals surface area contributed by atoms with E-state index >= 15 is 0 Å². The first-order chi connectivity index (χ1) is 9.30. The van der Waals surface area contributed by atoms with Crippen LogP contribution in [0.1, 0.15) is 50.0 Å². The SMILES string of the molecule is CCOC1CC(N)(CNC(C)c2ncc(C)s2)C1(C)C. The molecule has 0 radical (unpaired) electrons. The van der Waals surface area contributed by atoms with Crippen LogP contribution < -0.4 is 11.1 Å². The average molecular weight is 297 g/mol. The van der Waals surface area contributed by atoms with E-state index in [1.165, 1.54) is 4.88 Å². The van der Waals surface area contributed by atoms with E-state index < -0.39 is 0 Å². The molecule has 3 N–H and O–H groups in total. The van der Waals surface area contributed by atoms with E-state index in [1.807, 2.05) is 13.1 Å². The number of thiazole rings is 1. The zero-order valence-corrected chi connectivity index (χ0v) is 14.0. The Balaban J connectivity index is 1.91. The first-order valence-electron chi connectivity index (χ1n) is 7.36. The van der Waals surface area contributed by atoms with Crippen molar-refractivity contribution in [3.05, 3.63) is 16.1 Å². The second-order valence-electron chi connectivity index (χ2n) is 6.44. The van der Waals surface area contributed by atoms with Gasteiger partial charge in [0, 0.05) is 35.2 Å². The van der Waals surface area contributed by atoms with Gasteiger partial charge >= 0.3 is 0 Å². The van der Waals surface area contributed by atoms with Gasteiger partial charge in [-0.2, -0.15) is 0 Å². The van der Waals surface area contributed by atoms with Crippen molar-refractivity contribution in [3.8, 4) is 0 Å². The fourth-order valence-electron chi connectivity index (χ4n) is 2.80. The van der Waals surface area contributed by atoms with Crippen LogP contribution in [-0.2, 0) is 4.74 Å². The van der Waals surface area contributed by atoms with E-state index in [9.17, 15) is 0 Å². The van der Waals surface area contributed by atoms with Crippen LogP contribution in [0.5, 0.6) is 0 Å². The van der Waals surface area contributed by atoms with E-state index in [4.69, 9.17) is 10.5 Å². The minimum atomic E-state index is -0.201. The summed E-state index contributed by atoms with van der Waals surface area (Å²) in [4.78, 5) is 5.68. The topological polar surface area (TPSA) is 60.2 Å². The average Bonchev–Trinajstić information content (AvgIpc) is 2.82. The number of rotatable bonds is 6. The van der Waals surface area contributed by atoms with Gasteiger partial charge in [-0.1, -0.05) is 13.8 Å². The maximum absolute atomic E-state index is 6.57.